The molecule has 86 valence electrons. The van der Waals surface area contributed by atoms with Gasteiger partial charge >= 0.3 is 0 Å². The van der Waals surface area contributed by atoms with Crippen molar-refractivity contribution in [3.05, 3.63) is 35.4 Å². The number of benzene rings is 1. The summed E-state index contributed by atoms with van der Waals surface area (Å²) in [5.74, 6) is 2.44. The quantitative estimate of drug-likeness (QED) is 0.766. The predicted octanol–water partition coefficient (Wildman–Crippen LogP) is 2.77. The summed E-state index contributed by atoms with van der Waals surface area (Å²) in [5, 5.41) is 0. The maximum absolute atomic E-state index is 6.19. The zero-order valence-electron chi connectivity index (χ0n) is 10.0. The molecule has 3 atom stereocenters. The Kier molecular flexibility index (Phi) is 2.51. The molecule has 0 saturated heterocycles. The fourth-order valence-electron chi connectivity index (χ4n) is 4.05. The minimum atomic E-state index is 0.367. The molecule has 0 aromatic heterocycles. The lowest BCUT2D eigenvalue weighted by Crippen LogP contribution is -2.33. The Bertz CT molecular complexity index is 350. The van der Waals surface area contributed by atoms with Gasteiger partial charge in [0.25, 0.3) is 0 Å². The summed E-state index contributed by atoms with van der Waals surface area (Å²) in [5.41, 5.74) is 9.36. The Morgan fingerprint density at radius 1 is 1.06 bits per heavy atom. The van der Waals surface area contributed by atoms with Crippen LogP contribution in [0.3, 0.4) is 0 Å². The first-order chi connectivity index (χ1) is 7.75. The van der Waals surface area contributed by atoms with E-state index in [2.05, 4.69) is 31.2 Å². The highest BCUT2D eigenvalue weighted by Gasteiger charge is 2.40. The molecule has 2 aliphatic rings. The van der Waals surface area contributed by atoms with E-state index in [1.807, 2.05) is 0 Å². The molecule has 16 heavy (non-hydrogen) atoms. The van der Waals surface area contributed by atoms with Crippen LogP contribution in [-0.2, 0) is 12.8 Å². The highest BCUT2D eigenvalue weighted by molar-refractivity contribution is 5.30. The van der Waals surface area contributed by atoms with Crippen LogP contribution in [0.4, 0.5) is 0 Å². The third kappa shape index (κ3) is 1.58. The van der Waals surface area contributed by atoms with E-state index >= 15 is 0 Å². The van der Waals surface area contributed by atoms with Gasteiger partial charge in [0.2, 0.25) is 0 Å². The third-order valence-corrected chi connectivity index (χ3v) is 4.69. The molecule has 1 fully saturated rings. The van der Waals surface area contributed by atoms with Crippen molar-refractivity contribution in [3.63, 3.8) is 0 Å². The summed E-state index contributed by atoms with van der Waals surface area (Å²) in [6, 6.07) is 9.35. The zero-order valence-corrected chi connectivity index (χ0v) is 10.0. The zero-order chi connectivity index (χ0) is 11.1. The van der Waals surface area contributed by atoms with Crippen molar-refractivity contribution in [2.45, 2.75) is 38.6 Å². The van der Waals surface area contributed by atoms with Crippen LogP contribution >= 0.6 is 0 Å². The van der Waals surface area contributed by atoms with E-state index in [4.69, 9.17) is 5.73 Å². The van der Waals surface area contributed by atoms with Crippen LogP contribution in [0.5, 0.6) is 0 Å². The minimum absolute atomic E-state index is 0.367. The van der Waals surface area contributed by atoms with Crippen molar-refractivity contribution in [2.75, 3.05) is 0 Å². The Hall–Kier alpha value is -0.820. The highest BCUT2D eigenvalue weighted by atomic mass is 14.7. The number of hydrogen-bond acceptors (Lipinski definition) is 1. The monoisotopic (exact) mass is 215 g/mol. The van der Waals surface area contributed by atoms with Gasteiger partial charge < -0.3 is 5.73 Å². The van der Waals surface area contributed by atoms with Crippen LogP contribution in [0, 0.1) is 17.8 Å². The Morgan fingerprint density at radius 3 is 2.00 bits per heavy atom. The first-order valence-corrected chi connectivity index (χ1v) is 6.58. The van der Waals surface area contributed by atoms with Gasteiger partial charge in [-0.05, 0) is 61.5 Å². The average Bonchev–Trinajstić information content (AvgIpc) is 2.55. The van der Waals surface area contributed by atoms with E-state index in [9.17, 15) is 0 Å². The summed E-state index contributed by atoms with van der Waals surface area (Å²) in [7, 11) is 0. The molecule has 0 spiro atoms. The molecular formula is C15H21N. The molecule has 1 nitrogen and oxygen atoms in total. The van der Waals surface area contributed by atoms with Crippen molar-refractivity contribution in [1.29, 1.82) is 0 Å². The lowest BCUT2D eigenvalue weighted by atomic mass is 9.83. The van der Waals surface area contributed by atoms with Gasteiger partial charge in [-0.1, -0.05) is 24.3 Å². The Balaban J connectivity index is 1.96. The first-order valence-electron chi connectivity index (χ1n) is 6.58. The van der Waals surface area contributed by atoms with Gasteiger partial charge in [-0.25, -0.2) is 0 Å². The standard InChI is InChI=1S/C15H21N/c1-10(16)15-13-6-7-14(15)9-12-5-3-2-4-11(12)8-13/h2-5,10,13-15H,6-9,16H2,1H3. The lowest BCUT2D eigenvalue weighted by molar-refractivity contribution is 0.275. The summed E-state index contributed by atoms with van der Waals surface area (Å²) >= 11 is 0. The van der Waals surface area contributed by atoms with Gasteiger partial charge in [0, 0.05) is 6.04 Å². The highest BCUT2D eigenvalue weighted by Crippen LogP contribution is 2.45. The molecule has 3 rings (SSSR count). The summed E-state index contributed by atoms with van der Waals surface area (Å²) in [4.78, 5) is 0. The van der Waals surface area contributed by atoms with Crippen molar-refractivity contribution in [3.8, 4) is 0 Å². The smallest absolute Gasteiger partial charge is 0.00442 e. The van der Waals surface area contributed by atoms with Crippen LogP contribution in [-0.4, -0.2) is 6.04 Å². The molecule has 1 saturated carbocycles. The second kappa shape index (κ2) is 3.89. The van der Waals surface area contributed by atoms with Gasteiger partial charge in [0.1, 0.15) is 0 Å². The van der Waals surface area contributed by atoms with E-state index in [-0.39, 0.29) is 0 Å². The maximum atomic E-state index is 6.19. The number of rotatable bonds is 1. The number of fused-ring (bicyclic) bond motifs is 3. The number of hydrogen-bond donors (Lipinski definition) is 1. The van der Waals surface area contributed by atoms with Gasteiger partial charge in [-0.15, -0.1) is 0 Å². The van der Waals surface area contributed by atoms with Gasteiger partial charge in [0.15, 0.2) is 0 Å². The van der Waals surface area contributed by atoms with Gasteiger partial charge in [-0.3, -0.25) is 0 Å². The molecule has 0 amide bonds. The molecular weight excluding hydrogens is 194 g/mol. The topological polar surface area (TPSA) is 26.0 Å². The molecule has 3 unspecified atom stereocenters. The van der Waals surface area contributed by atoms with Gasteiger partial charge in [0.05, 0.1) is 0 Å². The summed E-state index contributed by atoms with van der Waals surface area (Å²) < 4.78 is 0. The second-order valence-electron chi connectivity index (χ2n) is 5.71. The van der Waals surface area contributed by atoms with Crippen molar-refractivity contribution < 1.29 is 0 Å². The van der Waals surface area contributed by atoms with Crippen molar-refractivity contribution >= 4 is 0 Å². The summed E-state index contributed by atoms with van der Waals surface area (Å²) in [6.07, 6.45) is 5.31. The van der Waals surface area contributed by atoms with E-state index in [0.717, 1.165) is 17.8 Å². The first kappa shape index (κ1) is 10.3. The molecule has 2 N–H and O–H groups in total. The van der Waals surface area contributed by atoms with Crippen LogP contribution in [0.2, 0.25) is 0 Å². The molecule has 2 bridgehead atoms. The largest absolute Gasteiger partial charge is 0.328 e. The van der Waals surface area contributed by atoms with Crippen molar-refractivity contribution in [1.82, 2.24) is 0 Å². The second-order valence-corrected chi connectivity index (χ2v) is 5.71. The van der Waals surface area contributed by atoms with Crippen LogP contribution in [0.15, 0.2) is 24.3 Å². The molecule has 0 radical (unpaired) electrons. The van der Waals surface area contributed by atoms with E-state index in [0.29, 0.717) is 6.04 Å². The maximum Gasteiger partial charge on any atom is 0.00442 e. The molecule has 0 aliphatic heterocycles. The van der Waals surface area contributed by atoms with E-state index < -0.39 is 0 Å². The number of nitrogens with two attached hydrogens (primary N) is 1. The van der Waals surface area contributed by atoms with E-state index in [1.54, 1.807) is 11.1 Å². The van der Waals surface area contributed by atoms with Crippen LogP contribution in [0.25, 0.3) is 0 Å². The SMILES string of the molecule is CC(N)C1C2CCC1Cc1ccccc1C2. The molecule has 1 heteroatoms. The summed E-state index contributed by atoms with van der Waals surface area (Å²) in [6.45, 7) is 2.20. The van der Waals surface area contributed by atoms with Crippen molar-refractivity contribution in [2.24, 2.45) is 23.5 Å². The van der Waals surface area contributed by atoms with Crippen LogP contribution < -0.4 is 5.73 Å². The fourth-order valence-corrected chi connectivity index (χ4v) is 4.05. The molecule has 1 aromatic carbocycles. The third-order valence-electron chi connectivity index (χ3n) is 4.69. The Morgan fingerprint density at radius 2 is 1.56 bits per heavy atom. The van der Waals surface area contributed by atoms with Crippen LogP contribution in [0.1, 0.15) is 30.9 Å². The minimum Gasteiger partial charge on any atom is -0.328 e. The van der Waals surface area contributed by atoms with E-state index in [1.165, 1.54) is 25.7 Å². The average molecular weight is 215 g/mol. The Labute approximate surface area is 98.0 Å². The normalized spacial score (nSPS) is 34.2. The fraction of sp³-hybridized carbons (Fsp3) is 0.600. The molecule has 1 aromatic rings. The predicted molar refractivity (Wildman–Crippen MR) is 67.2 cm³/mol. The van der Waals surface area contributed by atoms with Gasteiger partial charge in [-0.2, -0.15) is 0 Å². The lowest BCUT2D eigenvalue weighted by Gasteiger charge is -2.25. The molecule has 0 heterocycles. The molecule has 2 aliphatic carbocycles.